The molecule has 212 valence electrons. The zero-order valence-corrected chi connectivity index (χ0v) is 25.2. The molecule has 1 fully saturated rings. The summed E-state index contributed by atoms with van der Waals surface area (Å²) < 4.78 is 5.70. The van der Waals surface area contributed by atoms with Crippen LogP contribution in [0, 0.1) is 0 Å². The first kappa shape index (κ1) is 31.7. The number of hydrogen-bond acceptors (Lipinski definition) is 2. The molecule has 37 heavy (non-hydrogen) atoms. The van der Waals surface area contributed by atoms with E-state index in [-0.39, 0.29) is 6.09 Å². The van der Waals surface area contributed by atoms with Crippen molar-refractivity contribution in [2.75, 3.05) is 6.54 Å². The van der Waals surface area contributed by atoms with Crippen molar-refractivity contribution in [2.45, 2.75) is 168 Å². The van der Waals surface area contributed by atoms with Gasteiger partial charge in [-0.15, -0.1) is 0 Å². The third-order valence-electron chi connectivity index (χ3n) is 8.00. The molecule has 0 radical (unpaired) electrons. The highest BCUT2D eigenvalue weighted by Crippen LogP contribution is 2.35. The van der Waals surface area contributed by atoms with Crippen LogP contribution in [0.5, 0.6) is 0 Å². The Bertz CT molecular complexity index is 712. The number of amides is 1. The van der Waals surface area contributed by atoms with Gasteiger partial charge >= 0.3 is 6.09 Å². The van der Waals surface area contributed by atoms with Crippen LogP contribution in [0.25, 0.3) is 0 Å². The maximum atomic E-state index is 12.8. The van der Waals surface area contributed by atoms with Crippen molar-refractivity contribution in [3.8, 4) is 0 Å². The fraction of sp³-hybridized carbons (Fsp3) is 0.794. The molecule has 1 saturated carbocycles. The summed E-state index contributed by atoms with van der Waals surface area (Å²) in [7, 11) is 0. The number of carbonyl (C=O) groups excluding carboxylic acids is 1. The number of benzene rings is 1. The van der Waals surface area contributed by atoms with Crippen LogP contribution in [0.4, 0.5) is 4.79 Å². The first-order valence-electron chi connectivity index (χ1n) is 15.9. The van der Waals surface area contributed by atoms with Gasteiger partial charge in [0.1, 0.15) is 5.60 Å². The first-order valence-corrected chi connectivity index (χ1v) is 15.9. The summed E-state index contributed by atoms with van der Waals surface area (Å²) in [4.78, 5) is 14.8. The van der Waals surface area contributed by atoms with Crippen molar-refractivity contribution < 1.29 is 9.53 Å². The Kier molecular flexibility index (Phi) is 15.3. The van der Waals surface area contributed by atoms with E-state index in [0.29, 0.717) is 12.0 Å². The number of nitrogens with zero attached hydrogens (tertiary/aromatic N) is 1. The lowest BCUT2D eigenvalue weighted by molar-refractivity contribution is 0.0115. The second kappa shape index (κ2) is 17.9. The van der Waals surface area contributed by atoms with Crippen LogP contribution in [0.2, 0.25) is 0 Å². The van der Waals surface area contributed by atoms with Gasteiger partial charge < -0.3 is 9.64 Å². The van der Waals surface area contributed by atoms with Gasteiger partial charge in [0, 0.05) is 12.6 Å². The minimum absolute atomic E-state index is 0.139. The van der Waals surface area contributed by atoms with Crippen molar-refractivity contribution in [3.05, 3.63) is 35.4 Å². The minimum atomic E-state index is -0.435. The summed E-state index contributed by atoms with van der Waals surface area (Å²) in [6, 6.07) is 9.79. The highest BCUT2D eigenvalue weighted by molar-refractivity contribution is 5.68. The Balaban J connectivity index is 1.62. The molecule has 2 rings (SSSR count). The fourth-order valence-corrected chi connectivity index (χ4v) is 5.83. The van der Waals surface area contributed by atoms with Crippen LogP contribution >= 0.6 is 0 Å². The highest BCUT2D eigenvalue weighted by Gasteiger charge is 2.31. The summed E-state index contributed by atoms with van der Waals surface area (Å²) in [5.41, 5.74) is 2.54. The van der Waals surface area contributed by atoms with Crippen LogP contribution < -0.4 is 0 Å². The quantitative estimate of drug-likeness (QED) is 0.194. The van der Waals surface area contributed by atoms with Gasteiger partial charge in [-0.3, -0.25) is 0 Å². The number of hydrogen-bond donors (Lipinski definition) is 0. The molecule has 1 aliphatic rings. The second-order valence-electron chi connectivity index (χ2n) is 12.6. The molecule has 1 amide bonds. The van der Waals surface area contributed by atoms with Crippen molar-refractivity contribution in [1.29, 1.82) is 0 Å². The van der Waals surface area contributed by atoms with Crippen LogP contribution in [0.3, 0.4) is 0 Å². The van der Waals surface area contributed by atoms with Gasteiger partial charge in [0.05, 0.1) is 0 Å². The van der Waals surface area contributed by atoms with Crippen molar-refractivity contribution in [1.82, 2.24) is 4.90 Å². The largest absolute Gasteiger partial charge is 0.444 e. The van der Waals surface area contributed by atoms with Crippen LogP contribution in [-0.2, 0) is 11.2 Å². The van der Waals surface area contributed by atoms with Gasteiger partial charge in [-0.05, 0) is 82.8 Å². The lowest BCUT2D eigenvalue weighted by atomic mass is 9.81. The van der Waals surface area contributed by atoms with Crippen molar-refractivity contribution in [2.24, 2.45) is 0 Å². The number of aryl methyl sites for hydroxylation is 1. The highest BCUT2D eigenvalue weighted by atomic mass is 16.6. The molecule has 0 bridgehead atoms. The molecule has 3 nitrogen and oxygen atoms in total. The zero-order valence-electron chi connectivity index (χ0n) is 25.2. The third-order valence-corrected chi connectivity index (χ3v) is 8.00. The molecule has 0 aliphatic heterocycles. The summed E-state index contributed by atoms with van der Waals surface area (Å²) in [6.45, 7) is 11.1. The number of carbonyl (C=O) groups is 1. The smallest absolute Gasteiger partial charge is 0.410 e. The third kappa shape index (κ3) is 13.2. The predicted octanol–water partition coefficient (Wildman–Crippen LogP) is 10.6. The molecule has 0 aromatic heterocycles. The van der Waals surface area contributed by atoms with E-state index in [9.17, 15) is 4.79 Å². The lowest BCUT2D eigenvalue weighted by Gasteiger charge is -2.37. The van der Waals surface area contributed by atoms with Crippen molar-refractivity contribution in [3.63, 3.8) is 0 Å². The summed E-state index contributed by atoms with van der Waals surface area (Å²) >= 11 is 0. The maximum absolute atomic E-state index is 12.8. The van der Waals surface area contributed by atoms with Gasteiger partial charge in [0.25, 0.3) is 0 Å². The predicted molar refractivity (Wildman–Crippen MR) is 159 cm³/mol. The molecule has 1 aromatic carbocycles. The Hall–Kier alpha value is -1.51. The standard InChI is InChI=1S/C34H59NO2/c1-6-8-9-10-11-12-13-14-15-16-17-18-19-29-20-22-30(23-21-29)31-24-26-32(27-25-31)35(28-7-2)33(36)37-34(3,4)5/h20-23,31-32H,6-19,24-28H2,1-5H3. The van der Waals surface area contributed by atoms with E-state index in [1.54, 1.807) is 0 Å². The first-order chi connectivity index (χ1) is 17.8. The molecule has 0 N–H and O–H groups in total. The van der Waals surface area contributed by atoms with E-state index in [1.807, 2.05) is 25.7 Å². The van der Waals surface area contributed by atoms with E-state index in [1.165, 1.54) is 94.6 Å². The lowest BCUT2D eigenvalue weighted by Crippen LogP contribution is -2.45. The fourth-order valence-electron chi connectivity index (χ4n) is 5.83. The van der Waals surface area contributed by atoms with Crippen LogP contribution in [0.15, 0.2) is 24.3 Å². The SMILES string of the molecule is CCCCCCCCCCCCCCc1ccc(C2CCC(N(CCC)C(=O)OC(C)(C)C)CC2)cc1. The van der Waals surface area contributed by atoms with Gasteiger partial charge in [-0.2, -0.15) is 0 Å². The molecular weight excluding hydrogens is 454 g/mol. The summed E-state index contributed by atoms with van der Waals surface area (Å²) in [5, 5.41) is 0. The Morgan fingerprint density at radius 1 is 0.757 bits per heavy atom. The zero-order chi connectivity index (χ0) is 26.9. The van der Waals surface area contributed by atoms with Gasteiger partial charge in [-0.1, -0.05) is 109 Å². The Labute approximate surface area is 230 Å². The molecule has 1 aromatic rings. The molecule has 0 spiro atoms. The van der Waals surface area contributed by atoms with E-state index >= 15 is 0 Å². The van der Waals surface area contributed by atoms with E-state index < -0.39 is 5.60 Å². The molecule has 1 aliphatic carbocycles. The Morgan fingerprint density at radius 3 is 1.76 bits per heavy atom. The molecule has 3 heteroatoms. The molecule has 0 heterocycles. The maximum Gasteiger partial charge on any atom is 0.410 e. The van der Waals surface area contributed by atoms with E-state index in [0.717, 1.165) is 38.6 Å². The molecule has 0 unspecified atom stereocenters. The summed E-state index contributed by atoms with van der Waals surface area (Å²) in [5.74, 6) is 0.624. The van der Waals surface area contributed by atoms with Crippen LogP contribution in [-0.4, -0.2) is 29.2 Å². The number of ether oxygens (including phenoxy) is 1. The summed E-state index contributed by atoms with van der Waals surface area (Å²) in [6.07, 6.45) is 23.4. The van der Waals surface area contributed by atoms with E-state index in [2.05, 4.69) is 38.1 Å². The normalized spacial score (nSPS) is 18.1. The average molecular weight is 514 g/mol. The number of rotatable bonds is 17. The van der Waals surface area contributed by atoms with Crippen molar-refractivity contribution >= 4 is 6.09 Å². The second-order valence-corrected chi connectivity index (χ2v) is 12.6. The molecule has 0 saturated heterocycles. The van der Waals surface area contributed by atoms with E-state index in [4.69, 9.17) is 4.74 Å². The van der Waals surface area contributed by atoms with Crippen LogP contribution in [0.1, 0.15) is 161 Å². The topological polar surface area (TPSA) is 29.5 Å². The molecule has 0 atom stereocenters. The Morgan fingerprint density at radius 2 is 1.27 bits per heavy atom. The van der Waals surface area contributed by atoms with Gasteiger partial charge in [-0.25, -0.2) is 4.79 Å². The molecular formula is C34H59NO2. The minimum Gasteiger partial charge on any atom is -0.444 e. The van der Waals surface area contributed by atoms with Gasteiger partial charge in [0.2, 0.25) is 0 Å². The average Bonchev–Trinajstić information content (AvgIpc) is 2.87. The monoisotopic (exact) mass is 513 g/mol. The number of unbranched alkanes of at least 4 members (excludes halogenated alkanes) is 11. The van der Waals surface area contributed by atoms with Gasteiger partial charge in [0.15, 0.2) is 0 Å².